The molecule has 170 valence electrons. The summed E-state index contributed by atoms with van der Waals surface area (Å²) in [7, 11) is 0. The van der Waals surface area contributed by atoms with E-state index in [-0.39, 0.29) is 44.4 Å². The van der Waals surface area contributed by atoms with E-state index < -0.39 is 18.1 Å². The van der Waals surface area contributed by atoms with Gasteiger partial charge >= 0.3 is 12.1 Å². The number of hydrogen-bond donors (Lipinski definition) is 2. The molecule has 7 heteroatoms. The number of terminal acetylenes is 1. The zero-order chi connectivity index (χ0) is 23.6. The van der Waals surface area contributed by atoms with E-state index >= 15 is 0 Å². The van der Waals surface area contributed by atoms with Crippen LogP contribution in [0.1, 0.15) is 29.9 Å². The van der Waals surface area contributed by atoms with Crippen molar-refractivity contribution in [3.05, 3.63) is 72.3 Å². The molecule has 0 radical (unpaired) electrons. The molecule has 3 rings (SSSR count). The van der Waals surface area contributed by atoms with Crippen LogP contribution in [-0.4, -0.2) is 43.8 Å². The third kappa shape index (κ3) is 6.01. The van der Waals surface area contributed by atoms with E-state index in [0.717, 1.165) is 22.3 Å². The van der Waals surface area contributed by atoms with Crippen molar-refractivity contribution in [1.29, 1.82) is 0 Å². The molecule has 0 spiro atoms. The Morgan fingerprint density at radius 3 is 2.30 bits per heavy atom. The number of fused-ring (bicyclic) bond motifs is 3. The normalized spacial score (nSPS) is 12.5. The van der Waals surface area contributed by atoms with Gasteiger partial charge in [-0.3, -0.25) is 4.79 Å². The molecule has 0 bridgehead atoms. The van der Waals surface area contributed by atoms with Crippen molar-refractivity contribution >= 4 is 18.0 Å². The molecule has 2 N–H and O–H groups in total. The Balaban J connectivity index is 1.63. The highest BCUT2D eigenvalue weighted by Crippen LogP contribution is 2.44. The number of alkyl carbamates (subject to hydrolysis) is 1. The van der Waals surface area contributed by atoms with E-state index in [0.29, 0.717) is 0 Å². The number of carbonyl (C=O) groups is 3. The topological polar surface area (TPSA) is 93.7 Å². The van der Waals surface area contributed by atoms with Crippen molar-refractivity contribution in [1.82, 2.24) is 10.6 Å². The SMILES string of the molecule is C#CCNC(=O)CCC(NC(=O)OCC1c2ccccc2-c2ccccc21)C(=O)OCC=C. The predicted molar refractivity (Wildman–Crippen MR) is 124 cm³/mol. The van der Waals surface area contributed by atoms with Gasteiger partial charge in [0.15, 0.2) is 0 Å². The van der Waals surface area contributed by atoms with E-state index in [1.165, 1.54) is 6.08 Å². The van der Waals surface area contributed by atoms with Crippen molar-refractivity contribution in [2.45, 2.75) is 24.8 Å². The van der Waals surface area contributed by atoms with Gasteiger partial charge in [-0.15, -0.1) is 6.42 Å². The second-order valence-electron chi connectivity index (χ2n) is 7.46. The smallest absolute Gasteiger partial charge is 0.407 e. The van der Waals surface area contributed by atoms with Crippen LogP contribution in [0.2, 0.25) is 0 Å². The van der Waals surface area contributed by atoms with E-state index in [9.17, 15) is 14.4 Å². The molecule has 33 heavy (non-hydrogen) atoms. The number of benzene rings is 2. The highest BCUT2D eigenvalue weighted by atomic mass is 16.6. The van der Waals surface area contributed by atoms with Crippen LogP contribution in [-0.2, 0) is 19.1 Å². The summed E-state index contributed by atoms with van der Waals surface area (Å²) in [4.78, 5) is 36.7. The van der Waals surface area contributed by atoms with E-state index in [2.05, 4.69) is 23.1 Å². The van der Waals surface area contributed by atoms with Crippen LogP contribution in [0.4, 0.5) is 4.79 Å². The van der Waals surface area contributed by atoms with Crippen LogP contribution in [0, 0.1) is 12.3 Å². The van der Waals surface area contributed by atoms with Gasteiger partial charge in [-0.25, -0.2) is 9.59 Å². The lowest BCUT2D eigenvalue weighted by atomic mass is 9.98. The summed E-state index contributed by atoms with van der Waals surface area (Å²) in [5.41, 5.74) is 4.40. The Morgan fingerprint density at radius 2 is 1.70 bits per heavy atom. The first-order valence-corrected chi connectivity index (χ1v) is 10.6. The Labute approximate surface area is 193 Å². The van der Waals surface area contributed by atoms with E-state index in [1.807, 2.05) is 48.5 Å². The quantitative estimate of drug-likeness (QED) is 0.332. The van der Waals surface area contributed by atoms with Gasteiger partial charge in [0.2, 0.25) is 5.91 Å². The fourth-order valence-electron chi connectivity index (χ4n) is 3.79. The molecule has 0 saturated heterocycles. The number of amides is 2. The van der Waals surface area contributed by atoms with Gasteiger partial charge in [0.1, 0.15) is 19.3 Å². The van der Waals surface area contributed by atoms with Crippen LogP contribution in [0.3, 0.4) is 0 Å². The minimum atomic E-state index is -1.04. The highest BCUT2D eigenvalue weighted by molar-refractivity contribution is 5.83. The Hall–Kier alpha value is -4.05. The largest absolute Gasteiger partial charge is 0.460 e. The molecule has 2 amide bonds. The van der Waals surface area contributed by atoms with Crippen molar-refractivity contribution < 1.29 is 23.9 Å². The minimum Gasteiger partial charge on any atom is -0.460 e. The van der Waals surface area contributed by atoms with Gasteiger partial charge in [-0.05, 0) is 28.7 Å². The molecule has 1 atom stereocenters. The molecule has 0 aliphatic heterocycles. The van der Waals surface area contributed by atoms with Gasteiger partial charge in [0.05, 0.1) is 6.54 Å². The van der Waals surface area contributed by atoms with Crippen LogP contribution >= 0.6 is 0 Å². The third-order valence-electron chi connectivity index (χ3n) is 5.31. The molecule has 1 aliphatic carbocycles. The summed E-state index contributed by atoms with van der Waals surface area (Å²) in [5.74, 6) is 1.19. The van der Waals surface area contributed by atoms with Crippen LogP contribution in [0.5, 0.6) is 0 Å². The fourth-order valence-corrected chi connectivity index (χ4v) is 3.79. The Morgan fingerprint density at radius 1 is 1.06 bits per heavy atom. The van der Waals surface area contributed by atoms with Crippen molar-refractivity contribution in [3.8, 4) is 23.5 Å². The van der Waals surface area contributed by atoms with Gasteiger partial charge in [0, 0.05) is 12.3 Å². The monoisotopic (exact) mass is 446 g/mol. The summed E-state index contributed by atoms with van der Waals surface area (Å²) < 4.78 is 10.5. The third-order valence-corrected chi connectivity index (χ3v) is 5.31. The maximum Gasteiger partial charge on any atom is 0.407 e. The van der Waals surface area contributed by atoms with E-state index in [1.54, 1.807) is 0 Å². The molecule has 0 saturated carbocycles. The predicted octanol–water partition coefficient (Wildman–Crippen LogP) is 3.15. The molecule has 2 aromatic carbocycles. The van der Waals surface area contributed by atoms with Gasteiger partial charge in [-0.2, -0.15) is 0 Å². The van der Waals surface area contributed by atoms with Crippen LogP contribution in [0.15, 0.2) is 61.2 Å². The maximum absolute atomic E-state index is 12.5. The lowest BCUT2D eigenvalue weighted by Gasteiger charge is -2.19. The van der Waals surface area contributed by atoms with Gasteiger partial charge in [-0.1, -0.05) is 67.1 Å². The molecule has 7 nitrogen and oxygen atoms in total. The zero-order valence-electron chi connectivity index (χ0n) is 18.2. The number of nitrogens with one attached hydrogen (secondary N) is 2. The van der Waals surface area contributed by atoms with E-state index in [4.69, 9.17) is 15.9 Å². The summed E-state index contributed by atoms with van der Waals surface area (Å²) in [6.07, 6.45) is 5.80. The number of carbonyl (C=O) groups excluding carboxylic acids is 3. The first-order chi connectivity index (χ1) is 16.0. The summed E-state index contributed by atoms with van der Waals surface area (Å²) in [5, 5.41) is 5.04. The standard InChI is InChI=1S/C26H26N2O5/c1-3-15-27-24(29)14-13-23(25(30)32-16-4-2)28-26(31)33-17-22-20-11-7-5-9-18(20)19-10-6-8-12-21(19)22/h1,4-12,22-23H,2,13-17H2,(H,27,29)(H,28,31). The average Bonchev–Trinajstić information content (AvgIpc) is 3.16. The second-order valence-corrected chi connectivity index (χ2v) is 7.46. The fraction of sp³-hybridized carbons (Fsp3) is 0.269. The molecule has 1 unspecified atom stereocenters. The van der Waals surface area contributed by atoms with Gasteiger partial charge in [0.25, 0.3) is 0 Å². The second kappa shape index (κ2) is 11.5. The summed E-state index contributed by atoms with van der Waals surface area (Å²) in [6, 6.07) is 14.9. The molecular weight excluding hydrogens is 420 g/mol. The number of hydrogen-bond acceptors (Lipinski definition) is 5. The summed E-state index contributed by atoms with van der Waals surface area (Å²) in [6.45, 7) is 3.69. The van der Waals surface area contributed by atoms with Crippen molar-refractivity contribution in [2.75, 3.05) is 19.8 Å². The average molecular weight is 447 g/mol. The van der Waals surface area contributed by atoms with Crippen LogP contribution in [0.25, 0.3) is 11.1 Å². The molecule has 0 fully saturated rings. The molecular formula is C26H26N2O5. The van der Waals surface area contributed by atoms with Crippen LogP contribution < -0.4 is 10.6 Å². The molecule has 0 aromatic heterocycles. The molecule has 2 aromatic rings. The first kappa shape index (κ1) is 23.6. The lowest BCUT2D eigenvalue weighted by Crippen LogP contribution is -2.43. The summed E-state index contributed by atoms with van der Waals surface area (Å²) >= 11 is 0. The van der Waals surface area contributed by atoms with Crippen molar-refractivity contribution in [3.63, 3.8) is 0 Å². The minimum absolute atomic E-state index is 0.00894. The van der Waals surface area contributed by atoms with Crippen molar-refractivity contribution in [2.24, 2.45) is 0 Å². The number of rotatable bonds is 10. The number of ether oxygens (including phenoxy) is 2. The Bertz CT molecular complexity index is 1030. The number of esters is 1. The zero-order valence-corrected chi connectivity index (χ0v) is 18.2. The highest BCUT2D eigenvalue weighted by Gasteiger charge is 2.30. The lowest BCUT2D eigenvalue weighted by molar-refractivity contribution is -0.145. The molecule has 1 aliphatic rings. The molecule has 0 heterocycles. The van der Waals surface area contributed by atoms with Gasteiger partial charge < -0.3 is 20.1 Å². The Kier molecular flexibility index (Phi) is 8.25. The first-order valence-electron chi connectivity index (χ1n) is 10.6. The maximum atomic E-state index is 12.5.